The van der Waals surface area contributed by atoms with E-state index in [1.807, 2.05) is 0 Å². The molecule has 0 aliphatic carbocycles. The molecule has 0 unspecified atom stereocenters. The maximum absolute atomic E-state index is 13.5. The number of carbonyl (C=O) groups is 1. The predicted molar refractivity (Wildman–Crippen MR) is 50.8 cm³/mol. The van der Waals surface area contributed by atoms with Gasteiger partial charge < -0.3 is 5.11 Å². The van der Waals surface area contributed by atoms with Gasteiger partial charge in [0.2, 0.25) is 0 Å². The molecule has 76 valence electrons. The van der Waals surface area contributed by atoms with Crippen molar-refractivity contribution in [1.29, 1.82) is 0 Å². The van der Waals surface area contributed by atoms with Gasteiger partial charge >= 0.3 is 5.97 Å². The molecule has 0 amide bonds. The van der Waals surface area contributed by atoms with Gasteiger partial charge in [-0.05, 0) is 29.7 Å². The van der Waals surface area contributed by atoms with E-state index in [0.717, 1.165) is 18.2 Å². The maximum atomic E-state index is 13.5. The van der Waals surface area contributed by atoms with Crippen molar-refractivity contribution in [2.24, 2.45) is 0 Å². The van der Waals surface area contributed by atoms with Gasteiger partial charge in [-0.2, -0.15) is 0 Å². The van der Waals surface area contributed by atoms with E-state index in [9.17, 15) is 13.6 Å². The molecule has 2 rings (SSSR count). The van der Waals surface area contributed by atoms with Crippen LogP contribution in [0.25, 0.3) is 10.8 Å². The summed E-state index contributed by atoms with van der Waals surface area (Å²) in [5.74, 6) is -2.65. The summed E-state index contributed by atoms with van der Waals surface area (Å²) >= 11 is 0. The molecule has 1 N–H and O–H groups in total. The number of aromatic carboxylic acids is 1. The zero-order chi connectivity index (χ0) is 11.0. The summed E-state index contributed by atoms with van der Waals surface area (Å²) < 4.78 is 26.3. The molecule has 0 saturated heterocycles. The van der Waals surface area contributed by atoms with Crippen LogP contribution in [0.15, 0.2) is 30.3 Å². The zero-order valence-electron chi connectivity index (χ0n) is 7.50. The van der Waals surface area contributed by atoms with Crippen molar-refractivity contribution < 1.29 is 18.7 Å². The van der Waals surface area contributed by atoms with Crippen LogP contribution in [-0.2, 0) is 0 Å². The summed E-state index contributed by atoms with van der Waals surface area (Å²) in [6, 6.07) is 5.98. The second kappa shape index (κ2) is 3.31. The molecule has 0 bridgehead atoms. The number of carboxylic acid groups (broad SMARTS) is 1. The minimum atomic E-state index is -1.33. The molecule has 0 aliphatic heterocycles. The monoisotopic (exact) mass is 208 g/mol. The number of hydrogen-bond acceptors (Lipinski definition) is 1. The van der Waals surface area contributed by atoms with E-state index < -0.39 is 23.2 Å². The van der Waals surface area contributed by atoms with E-state index in [-0.39, 0.29) is 5.39 Å². The molecular formula is C11H6F2O2. The zero-order valence-corrected chi connectivity index (χ0v) is 7.50. The van der Waals surface area contributed by atoms with Gasteiger partial charge in [-0.1, -0.05) is 6.07 Å². The van der Waals surface area contributed by atoms with Gasteiger partial charge in [0, 0.05) is 5.39 Å². The van der Waals surface area contributed by atoms with Crippen molar-refractivity contribution in [3.05, 3.63) is 47.5 Å². The average Bonchev–Trinajstić information content (AvgIpc) is 2.17. The van der Waals surface area contributed by atoms with E-state index in [2.05, 4.69) is 0 Å². The van der Waals surface area contributed by atoms with Gasteiger partial charge in [-0.15, -0.1) is 0 Å². The fourth-order valence-corrected chi connectivity index (χ4v) is 1.43. The first-order valence-electron chi connectivity index (χ1n) is 4.20. The largest absolute Gasteiger partial charge is 0.478 e. The van der Waals surface area contributed by atoms with Crippen LogP contribution < -0.4 is 0 Å². The number of halogens is 2. The molecule has 0 aromatic heterocycles. The van der Waals surface area contributed by atoms with E-state index in [4.69, 9.17) is 5.11 Å². The SMILES string of the molecule is O=C(O)c1ccc2cc(F)ccc2c1F. The predicted octanol–water partition coefficient (Wildman–Crippen LogP) is 2.82. The Balaban J connectivity index is 2.80. The Morgan fingerprint density at radius 1 is 1.13 bits per heavy atom. The first kappa shape index (κ1) is 9.58. The Bertz CT molecular complexity index is 550. The minimum absolute atomic E-state index is 0.108. The molecule has 2 aromatic carbocycles. The molecule has 2 nitrogen and oxygen atoms in total. The van der Waals surface area contributed by atoms with Crippen LogP contribution in [0.4, 0.5) is 8.78 Å². The first-order chi connectivity index (χ1) is 7.09. The molecule has 0 heterocycles. The quantitative estimate of drug-likeness (QED) is 0.782. The van der Waals surface area contributed by atoms with Crippen LogP contribution in [-0.4, -0.2) is 11.1 Å². The van der Waals surface area contributed by atoms with Gasteiger partial charge in [0.15, 0.2) is 0 Å². The molecule has 15 heavy (non-hydrogen) atoms. The maximum Gasteiger partial charge on any atom is 0.338 e. The Morgan fingerprint density at radius 3 is 2.53 bits per heavy atom. The van der Waals surface area contributed by atoms with Crippen LogP contribution in [0.5, 0.6) is 0 Å². The standard InChI is InChI=1S/C11H6F2O2/c12-7-2-4-8-6(5-7)1-3-9(10(8)13)11(14)15/h1-5H,(H,14,15). The average molecular weight is 208 g/mol. The van der Waals surface area contributed by atoms with E-state index in [0.29, 0.717) is 5.39 Å². The molecule has 0 fully saturated rings. The summed E-state index contributed by atoms with van der Waals surface area (Å²) in [4.78, 5) is 10.6. The third-order valence-corrected chi connectivity index (χ3v) is 2.15. The number of rotatable bonds is 1. The third-order valence-electron chi connectivity index (χ3n) is 2.15. The molecule has 2 aromatic rings. The molecule has 0 atom stereocenters. The molecular weight excluding hydrogens is 202 g/mol. The lowest BCUT2D eigenvalue weighted by molar-refractivity contribution is 0.0692. The highest BCUT2D eigenvalue weighted by Gasteiger charge is 2.13. The van der Waals surface area contributed by atoms with E-state index >= 15 is 0 Å². The fraction of sp³-hybridized carbons (Fsp3) is 0. The molecule has 0 radical (unpaired) electrons. The molecule has 0 spiro atoms. The van der Waals surface area contributed by atoms with Gasteiger partial charge in [0.05, 0.1) is 5.56 Å². The van der Waals surface area contributed by atoms with Crippen molar-refractivity contribution in [2.45, 2.75) is 0 Å². The molecule has 0 saturated carbocycles. The van der Waals surface area contributed by atoms with Crippen molar-refractivity contribution in [3.8, 4) is 0 Å². The third kappa shape index (κ3) is 1.54. The summed E-state index contributed by atoms with van der Waals surface area (Å²) in [5.41, 5.74) is -0.408. The lowest BCUT2D eigenvalue weighted by Crippen LogP contribution is -2.00. The van der Waals surface area contributed by atoms with Crippen molar-refractivity contribution in [1.82, 2.24) is 0 Å². The lowest BCUT2D eigenvalue weighted by atomic mass is 10.1. The second-order valence-corrected chi connectivity index (χ2v) is 3.10. The summed E-state index contributed by atoms with van der Waals surface area (Å²) in [5, 5.41) is 9.12. The highest BCUT2D eigenvalue weighted by atomic mass is 19.1. The number of carboxylic acids is 1. The number of fused-ring (bicyclic) bond motifs is 1. The topological polar surface area (TPSA) is 37.3 Å². The summed E-state index contributed by atoms with van der Waals surface area (Å²) in [6.45, 7) is 0. The lowest BCUT2D eigenvalue weighted by Gasteiger charge is -2.02. The molecule has 0 aliphatic rings. The normalized spacial score (nSPS) is 10.5. The van der Waals surface area contributed by atoms with Crippen LogP contribution in [0, 0.1) is 11.6 Å². The fourth-order valence-electron chi connectivity index (χ4n) is 1.43. The van der Waals surface area contributed by atoms with Gasteiger partial charge in [-0.25, -0.2) is 13.6 Å². The van der Waals surface area contributed by atoms with Gasteiger partial charge in [-0.3, -0.25) is 0 Å². The second-order valence-electron chi connectivity index (χ2n) is 3.10. The van der Waals surface area contributed by atoms with Crippen molar-refractivity contribution >= 4 is 16.7 Å². The van der Waals surface area contributed by atoms with E-state index in [1.54, 1.807) is 0 Å². The van der Waals surface area contributed by atoms with Crippen LogP contribution in [0.2, 0.25) is 0 Å². The smallest absolute Gasteiger partial charge is 0.338 e. The number of hydrogen-bond donors (Lipinski definition) is 1. The van der Waals surface area contributed by atoms with Crippen LogP contribution in [0.3, 0.4) is 0 Å². The first-order valence-corrected chi connectivity index (χ1v) is 4.20. The molecule has 4 heteroatoms. The Morgan fingerprint density at radius 2 is 1.87 bits per heavy atom. The Labute approximate surface area is 83.8 Å². The van der Waals surface area contributed by atoms with Crippen molar-refractivity contribution in [2.75, 3.05) is 0 Å². The van der Waals surface area contributed by atoms with Crippen LogP contribution >= 0.6 is 0 Å². The van der Waals surface area contributed by atoms with Crippen LogP contribution in [0.1, 0.15) is 10.4 Å². The summed E-state index contributed by atoms with van der Waals surface area (Å²) in [6.07, 6.45) is 0. The Hall–Kier alpha value is -1.97. The minimum Gasteiger partial charge on any atom is -0.478 e. The highest BCUT2D eigenvalue weighted by molar-refractivity contribution is 5.95. The van der Waals surface area contributed by atoms with Crippen molar-refractivity contribution in [3.63, 3.8) is 0 Å². The van der Waals surface area contributed by atoms with Gasteiger partial charge in [0.25, 0.3) is 0 Å². The Kier molecular flexibility index (Phi) is 2.11. The number of benzene rings is 2. The highest BCUT2D eigenvalue weighted by Crippen LogP contribution is 2.21. The van der Waals surface area contributed by atoms with Gasteiger partial charge in [0.1, 0.15) is 11.6 Å². The van der Waals surface area contributed by atoms with E-state index in [1.165, 1.54) is 12.1 Å². The summed E-state index contributed by atoms with van der Waals surface area (Å²) in [7, 11) is 0.